The second-order valence-electron chi connectivity index (χ2n) is 3.86. The number of hydrogen-bond donors (Lipinski definition) is 2. The lowest BCUT2D eigenvalue weighted by Crippen LogP contribution is -2.17. The van der Waals surface area contributed by atoms with E-state index in [1.165, 1.54) is 10.6 Å². The molecule has 0 atom stereocenters. The van der Waals surface area contributed by atoms with Crippen LogP contribution in [0.5, 0.6) is 0 Å². The zero-order valence-electron chi connectivity index (χ0n) is 9.50. The summed E-state index contributed by atoms with van der Waals surface area (Å²) < 4.78 is 1.31. The molecule has 6 nitrogen and oxygen atoms in total. The summed E-state index contributed by atoms with van der Waals surface area (Å²) in [5, 5.41) is 2.92. The van der Waals surface area contributed by atoms with Crippen LogP contribution in [0.2, 0.25) is 0 Å². The van der Waals surface area contributed by atoms with E-state index >= 15 is 0 Å². The van der Waals surface area contributed by atoms with E-state index in [0.29, 0.717) is 17.3 Å². The summed E-state index contributed by atoms with van der Waals surface area (Å²) >= 11 is 0. The molecule has 0 amide bonds. The van der Waals surface area contributed by atoms with Gasteiger partial charge in [0, 0.05) is 18.2 Å². The van der Waals surface area contributed by atoms with E-state index in [1.54, 1.807) is 0 Å². The molecule has 90 valence electrons. The molecular weight excluding hydrogens is 230 g/mol. The van der Waals surface area contributed by atoms with Crippen molar-refractivity contribution in [3.8, 4) is 11.4 Å². The van der Waals surface area contributed by atoms with Gasteiger partial charge < -0.3 is 5.73 Å². The van der Waals surface area contributed by atoms with E-state index in [0.717, 1.165) is 5.56 Å². The molecule has 0 aliphatic heterocycles. The number of nitrogens with two attached hydrogens (primary N) is 1. The Labute approximate surface area is 102 Å². The van der Waals surface area contributed by atoms with Crippen molar-refractivity contribution in [3.63, 3.8) is 0 Å². The second kappa shape index (κ2) is 4.08. The van der Waals surface area contributed by atoms with Crippen molar-refractivity contribution in [2.75, 3.05) is 0 Å². The number of hydrogen-bond acceptors (Lipinski definition) is 4. The van der Waals surface area contributed by atoms with Crippen LogP contribution in [0, 0.1) is 0 Å². The van der Waals surface area contributed by atoms with Crippen molar-refractivity contribution in [2.24, 2.45) is 5.73 Å². The van der Waals surface area contributed by atoms with Gasteiger partial charge in [0.05, 0.1) is 5.69 Å². The van der Waals surface area contributed by atoms with Crippen molar-refractivity contribution in [3.05, 3.63) is 52.4 Å². The van der Waals surface area contributed by atoms with Crippen molar-refractivity contribution in [1.82, 2.24) is 19.6 Å². The number of H-pyrrole nitrogens is 1. The van der Waals surface area contributed by atoms with E-state index in [2.05, 4.69) is 15.1 Å². The van der Waals surface area contributed by atoms with Gasteiger partial charge in [-0.2, -0.15) is 9.50 Å². The maximum Gasteiger partial charge on any atom is 0.274 e. The maximum atomic E-state index is 11.8. The molecular formula is C12H11N5O. The molecule has 3 N–H and O–H groups in total. The highest BCUT2D eigenvalue weighted by Gasteiger charge is 2.08. The molecule has 0 fully saturated rings. The van der Waals surface area contributed by atoms with Gasteiger partial charge in [0.2, 0.25) is 0 Å². The maximum absolute atomic E-state index is 11.8. The first kappa shape index (κ1) is 10.7. The predicted molar refractivity (Wildman–Crippen MR) is 66.9 cm³/mol. The SMILES string of the molecule is NCc1cc(=O)n2[nH]c(-c3ccccc3)nc2n1. The fourth-order valence-corrected chi connectivity index (χ4v) is 1.76. The van der Waals surface area contributed by atoms with Crippen LogP contribution in [-0.4, -0.2) is 19.6 Å². The van der Waals surface area contributed by atoms with E-state index in [9.17, 15) is 4.79 Å². The summed E-state index contributed by atoms with van der Waals surface area (Å²) in [6.45, 7) is 0.221. The number of aromatic amines is 1. The van der Waals surface area contributed by atoms with Gasteiger partial charge in [-0.25, -0.2) is 4.98 Å². The summed E-state index contributed by atoms with van der Waals surface area (Å²) in [7, 11) is 0. The first-order valence-electron chi connectivity index (χ1n) is 5.52. The van der Waals surface area contributed by atoms with Crippen molar-refractivity contribution >= 4 is 5.78 Å². The topological polar surface area (TPSA) is 89.1 Å². The molecule has 0 aliphatic rings. The Morgan fingerprint density at radius 2 is 2.00 bits per heavy atom. The fraction of sp³-hybridized carbons (Fsp3) is 0.0833. The average Bonchev–Trinajstić information content (AvgIpc) is 2.84. The Balaban J connectivity index is 2.23. The molecule has 2 heterocycles. The molecule has 3 aromatic rings. The molecule has 0 saturated heterocycles. The van der Waals surface area contributed by atoms with Crippen molar-refractivity contribution in [2.45, 2.75) is 6.54 Å². The molecule has 18 heavy (non-hydrogen) atoms. The number of rotatable bonds is 2. The van der Waals surface area contributed by atoms with E-state index in [-0.39, 0.29) is 12.1 Å². The van der Waals surface area contributed by atoms with Crippen LogP contribution in [0.15, 0.2) is 41.2 Å². The molecule has 0 radical (unpaired) electrons. The van der Waals surface area contributed by atoms with Gasteiger partial charge in [-0.3, -0.25) is 9.89 Å². The summed E-state index contributed by atoms with van der Waals surface area (Å²) in [5.74, 6) is 0.941. The summed E-state index contributed by atoms with van der Waals surface area (Å²) in [5.41, 5.74) is 6.70. The third kappa shape index (κ3) is 1.68. The lowest BCUT2D eigenvalue weighted by Gasteiger charge is -1.94. The quantitative estimate of drug-likeness (QED) is 0.685. The van der Waals surface area contributed by atoms with Crippen LogP contribution >= 0.6 is 0 Å². The number of fused-ring (bicyclic) bond motifs is 1. The van der Waals surface area contributed by atoms with Crippen LogP contribution in [-0.2, 0) is 6.54 Å². The van der Waals surface area contributed by atoms with Gasteiger partial charge in [-0.05, 0) is 0 Å². The van der Waals surface area contributed by atoms with E-state index < -0.39 is 0 Å². The Morgan fingerprint density at radius 1 is 1.22 bits per heavy atom. The first-order chi connectivity index (χ1) is 8.78. The lowest BCUT2D eigenvalue weighted by molar-refractivity contribution is 0.870. The van der Waals surface area contributed by atoms with Gasteiger partial charge in [-0.15, -0.1) is 0 Å². The minimum Gasteiger partial charge on any atom is -0.325 e. The van der Waals surface area contributed by atoms with Gasteiger partial charge in [-0.1, -0.05) is 30.3 Å². The Hall–Kier alpha value is -2.47. The fourth-order valence-electron chi connectivity index (χ4n) is 1.76. The summed E-state index contributed by atoms with van der Waals surface area (Å²) in [4.78, 5) is 20.3. The smallest absolute Gasteiger partial charge is 0.274 e. The molecule has 0 unspecified atom stereocenters. The van der Waals surface area contributed by atoms with Gasteiger partial charge in [0.1, 0.15) is 0 Å². The summed E-state index contributed by atoms with van der Waals surface area (Å²) in [6, 6.07) is 11.0. The molecule has 0 spiro atoms. The van der Waals surface area contributed by atoms with Crippen LogP contribution in [0.1, 0.15) is 5.69 Å². The third-order valence-corrected chi connectivity index (χ3v) is 2.64. The zero-order chi connectivity index (χ0) is 12.5. The molecule has 2 aromatic heterocycles. The highest BCUT2D eigenvalue weighted by molar-refractivity contribution is 5.56. The predicted octanol–water partition coefficient (Wildman–Crippen LogP) is 0.543. The largest absolute Gasteiger partial charge is 0.325 e. The molecule has 3 rings (SSSR count). The van der Waals surface area contributed by atoms with Crippen molar-refractivity contribution < 1.29 is 0 Å². The molecule has 1 aromatic carbocycles. The van der Waals surface area contributed by atoms with Crippen molar-refractivity contribution in [1.29, 1.82) is 0 Å². The number of benzene rings is 1. The lowest BCUT2D eigenvalue weighted by atomic mass is 10.2. The molecule has 0 aliphatic carbocycles. The van der Waals surface area contributed by atoms with Crippen LogP contribution in [0.4, 0.5) is 0 Å². The normalized spacial score (nSPS) is 10.9. The van der Waals surface area contributed by atoms with E-state index in [4.69, 9.17) is 5.73 Å². The number of nitrogens with one attached hydrogen (secondary N) is 1. The Kier molecular flexibility index (Phi) is 2.42. The standard InChI is InChI=1S/C12H11N5O/c13-7-9-6-10(18)17-12(14-9)15-11(16-17)8-4-2-1-3-5-8/h1-6H,7,13H2,(H,14,15,16). The van der Waals surface area contributed by atoms with Crippen LogP contribution < -0.4 is 11.3 Å². The van der Waals surface area contributed by atoms with Gasteiger partial charge in [0.25, 0.3) is 11.3 Å². The Bertz CT molecular complexity index is 744. The van der Waals surface area contributed by atoms with Crippen LogP contribution in [0.25, 0.3) is 17.2 Å². The molecule has 6 heteroatoms. The minimum absolute atomic E-state index is 0.213. The van der Waals surface area contributed by atoms with Gasteiger partial charge in [0.15, 0.2) is 5.82 Å². The molecule has 0 bridgehead atoms. The number of nitrogens with zero attached hydrogens (tertiary/aromatic N) is 3. The Morgan fingerprint density at radius 3 is 2.72 bits per heavy atom. The van der Waals surface area contributed by atoms with Gasteiger partial charge >= 0.3 is 0 Å². The molecule has 0 saturated carbocycles. The number of aromatic nitrogens is 4. The highest BCUT2D eigenvalue weighted by Crippen LogP contribution is 2.13. The summed E-state index contributed by atoms with van der Waals surface area (Å²) in [6.07, 6.45) is 0. The second-order valence-corrected chi connectivity index (χ2v) is 3.86. The monoisotopic (exact) mass is 241 g/mol. The minimum atomic E-state index is -0.213. The van der Waals surface area contributed by atoms with E-state index in [1.807, 2.05) is 30.3 Å². The zero-order valence-corrected chi connectivity index (χ0v) is 9.50. The average molecular weight is 241 g/mol. The van der Waals surface area contributed by atoms with Crippen LogP contribution in [0.3, 0.4) is 0 Å². The highest BCUT2D eigenvalue weighted by atomic mass is 16.1. The third-order valence-electron chi connectivity index (χ3n) is 2.64. The first-order valence-corrected chi connectivity index (χ1v) is 5.52.